The van der Waals surface area contributed by atoms with E-state index in [9.17, 15) is 4.79 Å². The van der Waals surface area contributed by atoms with Crippen LogP contribution in [-0.2, 0) is 11.3 Å². The van der Waals surface area contributed by atoms with Gasteiger partial charge in [0.1, 0.15) is 6.04 Å². The number of rotatable bonds is 6. The summed E-state index contributed by atoms with van der Waals surface area (Å²) in [4.78, 5) is 13.1. The van der Waals surface area contributed by atoms with Crippen molar-refractivity contribution in [2.45, 2.75) is 25.9 Å². The molecule has 0 fully saturated rings. The molecule has 1 amide bonds. The van der Waals surface area contributed by atoms with Crippen LogP contribution in [0, 0.1) is 6.92 Å². The van der Waals surface area contributed by atoms with Crippen molar-refractivity contribution in [3.63, 3.8) is 0 Å². The molecule has 0 spiro atoms. The third kappa shape index (κ3) is 5.37. The summed E-state index contributed by atoms with van der Waals surface area (Å²) >= 11 is 6.42. The Kier molecular flexibility index (Phi) is 6.75. The highest BCUT2D eigenvalue weighted by Gasteiger charge is 2.21. The number of amides is 1. The molecule has 1 aliphatic heterocycles. The smallest absolute Gasteiger partial charge is 0.246 e. The normalized spacial score (nSPS) is 13.9. The predicted octanol–water partition coefficient (Wildman–Crippen LogP) is 5.28. The van der Waals surface area contributed by atoms with E-state index >= 15 is 0 Å². The number of carbonyl (C=O) groups excluding carboxylic acids is 1. The number of halogens is 1. The Balaban J connectivity index is 1.53. The first kappa shape index (κ1) is 21.2. The monoisotopic (exact) mass is 436 g/mol. The molecule has 0 saturated carbocycles. The fourth-order valence-corrected chi connectivity index (χ4v) is 3.75. The Morgan fingerprint density at radius 3 is 2.55 bits per heavy atom. The van der Waals surface area contributed by atoms with Gasteiger partial charge in [-0.15, -0.1) is 0 Å². The van der Waals surface area contributed by atoms with Gasteiger partial charge in [0, 0.05) is 18.7 Å². The first-order chi connectivity index (χ1) is 15.1. The van der Waals surface area contributed by atoms with E-state index in [1.165, 1.54) is 0 Å². The summed E-state index contributed by atoms with van der Waals surface area (Å²) < 4.78 is 11.5. The number of nitrogens with one attached hydrogen (secondary N) is 2. The maximum Gasteiger partial charge on any atom is 0.246 e. The zero-order chi connectivity index (χ0) is 21.6. The summed E-state index contributed by atoms with van der Waals surface area (Å²) in [6, 6.07) is 20.6. The van der Waals surface area contributed by atoms with Gasteiger partial charge < -0.3 is 14.8 Å². The van der Waals surface area contributed by atoms with Crippen LogP contribution in [0.1, 0.15) is 29.2 Å². The van der Waals surface area contributed by atoms with Gasteiger partial charge in [-0.05, 0) is 42.3 Å². The molecule has 0 radical (unpaired) electrons. The van der Waals surface area contributed by atoms with Gasteiger partial charge in [-0.1, -0.05) is 59.6 Å². The maximum absolute atomic E-state index is 13.1. The molecule has 0 aliphatic carbocycles. The van der Waals surface area contributed by atoms with Crippen molar-refractivity contribution >= 4 is 23.2 Å². The number of hydrogen-bond donors (Lipinski definition) is 2. The average Bonchev–Trinajstić information content (AvgIpc) is 3.02. The van der Waals surface area contributed by atoms with Crippen LogP contribution >= 0.6 is 11.6 Å². The fraction of sp³-hybridized carbons (Fsp3) is 0.240. The van der Waals surface area contributed by atoms with Crippen molar-refractivity contribution in [1.82, 2.24) is 5.32 Å². The molecule has 1 atom stereocenters. The first-order valence-electron chi connectivity index (χ1n) is 10.3. The molecule has 5 nitrogen and oxygen atoms in total. The SMILES string of the molecule is Cc1ccc(NC(=O)[C@H](NCc2cc(Cl)c3c(c2)OCCCO3)c2ccccc2)cc1. The van der Waals surface area contributed by atoms with Gasteiger partial charge in [0.2, 0.25) is 5.91 Å². The minimum atomic E-state index is -0.530. The first-order valence-corrected chi connectivity index (χ1v) is 10.7. The van der Waals surface area contributed by atoms with Gasteiger partial charge >= 0.3 is 0 Å². The van der Waals surface area contributed by atoms with E-state index < -0.39 is 6.04 Å². The van der Waals surface area contributed by atoms with Crippen molar-refractivity contribution in [3.8, 4) is 11.5 Å². The number of anilines is 1. The van der Waals surface area contributed by atoms with E-state index in [-0.39, 0.29) is 5.91 Å². The van der Waals surface area contributed by atoms with Crippen LogP contribution in [0.4, 0.5) is 5.69 Å². The van der Waals surface area contributed by atoms with Gasteiger partial charge in [0.25, 0.3) is 0 Å². The molecule has 0 bridgehead atoms. The molecule has 3 aromatic carbocycles. The van der Waals surface area contributed by atoms with Crippen LogP contribution in [0.3, 0.4) is 0 Å². The molecule has 6 heteroatoms. The van der Waals surface area contributed by atoms with Crippen molar-refractivity contribution < 1.29 is 14.3 Å². The second kappa shape index (κ2) is 9.86. The number of carbonyl (C=O) groups is 1. The van der Waals surface area contributed by atoms with Gasteiger partial charge in [-0.2, -0.15) is 0 Å². The number of hydrogen-bond acceptors (Lipinski definition) is 4. The van der Waals surface area contributed by atoms with E-state index in [4.69, 9.17) is 21.1 Å². The third-order valence-corrected chi connectivity index (χ3v) is 5.37. The van der Waals surface area contributed by atoms with Crippen LogP contribution < -0.4 is 20.1 Å². The van der Waals surface area contributed by atoms with E-state index in [1.807, 2.05) is 73.7 Å². The molecule has 1 aliphatic rings. The molecule has 1 heterocycles. The van der Waals surface area contributed by atoms with Crippen molar-refractivity contribution in [3.05, 3.63) is 88.4 Å². The quantitative estimate of drug-likeness (QED) is 0.552. The Morgan fingerprint density at radius 2 is 1.77 bits per heavy atom. The summed E-state index contributed by atoms with van der Waals surface area (Å²) in [6.07, 6.45) is 0.813. The molecule has 4 rings (SSSR count). The Bertz CT molecular complexity index is 1040. The number of ether oxygens (including phenoxy) is 2. The van der Waals surface area contributed by atoms with E-state index in [2.05, 4.69) is 10.6 Å². The lowest BCUT2D eigenvalue weighted by Gasteiger charge is -2.20. The van der Waals surface area contributed by atoms with E-state index in [0.717, 1.165) is 28.8 Å². The minimum absolute atomic E-state index is 0.129. The molecule has 0 unspecified atom stereocenters. The average molecular weight is 437 g/mol. The highest BCUT2D eigenvalue weighted by Crippen LogP contribution is 2.38. The van der Waals surface area contributed by atoms with Crippen LogP contribution in [0.25, 0.3) is 0 Å². The lowest BCUT2D eigenvalue weighted by molar-refractivity contribution is -0.118. The van der Waals surface area contributed by atoms with Gasteiger partial charge in [-0.25, -0.2) is 0 Å². The topological polar surface area (TPSA) is 59.6 Å². The number of benzene rings is 3. The van der Waals surface area contributed by atoms with Crippen molar-refractivity contribution in [2.75, 3.05) is 18.5 Å². The number of fused-ring (bicyclic) bond motifs is 1. The van der Waals surface area contributed by atoms with Crippen LogP contribution in [-0.4, -0.2) is 19.1 Å². The Morgan fingerprint density at radius 1 is 1.03 bits per heavy atom. The molecular formula is C25H25ClN2O3. The molecule has 0 saturated heterocycles. The fourth-order valence-electron chi connectivity index (χ4n) is 3.46. The summed E-state index contributed by atoms with van der Waals surface area (Å²) in [5, 5.41) is 6.88. The van der Waals surface area contributed by atoms with Crippen molar-refractivity contribution in [1.29, 1.82) is 0 Å². The molecule has 3 aromatic rings. The standard InChI is InChI=1S/C25H25ClN2O3/c1-17-8-10-20(11-9-17)28-25(29)23(19-6-3-2-4-7-19)27-16-18-14-21(26)24-22(15-18)30-12-5-13-31-24/h2-4,6-11,14-15,23,27H,5,12-13,16H2,1H3,(H,28,29)/t23-/m1/s1. The zero-order valence-electron chi connectivity index (χ0n) is 17.4. The highest BCUT2D eigenvalue weighted by atomic mass is 35.5. The Labute approximate surface area is 187 Å². The number of aryl methyl sites for hydroxylation is 1. The van der Waals surface area contributed by atoms with Gasteiger partial charge in [-0.3, -0.25) is 10.1 Å². The maximum atomic E-state index is 13.1. The molecule has 160 valence electrons. The largest absolute Gasteiger partial charge is 0.489 e. The van der Waals surface area contributed by atoms with E-state index in [0.29, 0.717) is 36.3 Å². The zero-order valence-corrected chi connectivity index (χ0v) is 18.1. The van der Waals surface area contributed by atoms with Crippen molar-refractivity contribution in [2.24, 2.45) is 0 Å². The molecule has 31 heavy (non-hydrogen) atoms. The summed E-state index contributed by atoms with van der Waals surface area (Å²) in [5.41, 5.74) is 3.70. The second-order valence-corrected chi connectivity index (χ2v) is 7.94. The Hall–Kier alpha value is -3.02. The summed E-state index contributed by atoms with van der Waals surface area (Å²) in [6.45, 7) is 3.63. The van der Waals surface area contributed by atoms with E-state index in [1.54, 1.807) is 0 Å². The minimum Gasteiger partial charge on any atom is -0.489 e. The van der Waals surface area contributed by atoms with Crippen LogP contribution in [0.2, 0.25) is 5.02 Å². The third-order valence-electron chi connectivity index (χ3n) is 5.09. The second-order valence-electron chi connectivity index (χ2n) is 7.54. The highest BCUT2D eigenvalue weighted by molar-refractivity contribution is 6.32. The summed E-state index contributed by atoms with van der Waals surface area (Å²) in [5.74, 6) is 1.09. The molecule has 2 N–H and O–H groups in total. The molecule has 0 aromatic heterocycles. The van der Waals surface area contributed by atoms with Crippen LogP contribution in [0.15, 0.2) is 66.7 Å². The van der Waals surface area contributed by atoms with Crippen LogP contribution in [0.5, 0.6) is 11.5 Å². The van der Waals surface area contributed by atoms with Gasteiger partial charge in [0.05, 0.1) is 18.2 Å². The summed E-state index contributed by atoms with van der Waals surface area (Å²) in [7, 11) is 0. The lowest BCUT2D eigenvalue weighted by Crippen LogP contribution is -2.32. The lowest BCUT2D eigenvalue weighted by atomic mass is 10.1. The van der Waals surface area contributed by atoms with Gasteiger partial charge in [0.15, 0.2) is 11.5 Å². The molecular weight excluding hydrogens is 412 g/mol. The predicted molar refractivity (Wildman–Crippen MR) is 123 cm³/mol.